The predicted octanol–water partition coefficient (Wildman–Crippen LogP) is 4.12. The number of methoxy groups -OCH3 is 1. The van der Waals surface area contributed by atoms with Gasteiger partial charge in [-0.1, -0.05) is 60.4 Å². The molecule has 2 aromatic carbocycles. The highest BCUT2D eigenvalue weighted by molar-refractivity contribution is 8.26. The molecule has 0 saturated carbocycles. The third kappa shape index (κ3) is 4.44. The number of carboxylic acids is 1. The fraction of sp³-hybridized carbons (Fsp3) is 0.190. The Kier molecular flexibility index (Phi) is 6.56. The van der Waals surface area contributed by atoms with E-state index in [1.165, 1.54) is 0 Å². The van der Waals surface area contributed by atoms with Gasteiger partial charge in [-0.2, -0.15) is 0 Å². The van der Waals surface area contributed by atoms with Crippen molar-refractivity contribution < 1.29 is 24.2 Å². The molecule has 8 heteroatoms. The number of carbonyl (C=O) groups excluding carboxylic acids is 1. The molecule has 3 rings (SSSR count). The number of carbonyl (C=O) groups is 2. The first-order valence-electron chi connectivity index (χ1n) is 8.82. The second-order valence-electron chi connectivity index (χ2n) is 6.05. The zero-order chi connectivity index (χ0) is 21.0. The molecular weight excluding hydrogens is 410 g/mol. The molecule has 1 saturated heterocycles. The number of thiocarbonyl (C=S) groups is 1. The fourth-order valence-corrected chi connectivity index (χ4v) is 4.25. The lowest BCUT2D eigenvalue weighted by atomic mass is 10.1. The summed E-state index contributed by atoms with van der Waals surface area (Å²) in [7, 11) is 1.54. The van der Waals surface area contributed by atoms with E-state index in [-0.39, 0.29) is 4.32 Å². The van der Waals surface area contributed by atoms with Crippen molar-refractivity contribution in [2.75, 3.05) is 13.7 Å². The summed E-state index contributed by atoms with van der Waals surface area (Å²) >= 11 is 6.41. The lowest BCUT2D eigenvalue weighted by Crippen LogP contribution is -2.37. The highest BCUT2D eigenvalue weighted by atomic mass is 32.2. The third-order valence-electron chi connectivity index (χ3n) is 4.22. The Balaban J connectivity index is 1.93. The highest BCUT2D eigenvalue weighted by Crippen LogP contribution is 2.39. The molecule has 1 aliphatic heterocycles. The average Bonchev–Trinajstić information content (AvgIpc) is 2.98. The maximum atomic E-state index is 13.0. The topological polar surface area (TPSA) is 76.1 Å². The fourth-order valence-electron chi connectivity index (χ4n) is 2.94. The third-order valence-corrected chi connectivity index (χ3v) is 5.55. The summed E-state index contributed by atoms with van der Waals surface area (Å²) in [6.45, 7) is 2.38. The Morgan fingerprint density at radius 1 is 1.24 bits per heavy atom. The van der Waals surface area contributed by atoms with Gasteiger partial charge in [0.2, 0.25) is 0 Å². The Morgan fingerprint density at radius 2 is 1.97 bits per heavy atom. The van der Waals surface area contributed by atoms with Crippen molar-refractivity contribution in [3.63, 3.8) is 0 Å². The summed E-state index contributed by atoms with van der Waals surface area (Å²) in [4.78, 5) is 26.4. The van der Waals surface area contributed by atoms with Gasteiger partial charge in [0.15, 0.2) is 17.5 Å². The molecule has 29 heavy (non-hydrogen) atoms. The van der Waals surface area contributed by atoms with Crippen LogP contribution in [0.3, 0.4) is 0 Å². The Bertz CT molecular complexity index is 974. The van der Waals surface area contributed by atoms with Crippen LogP contribution >= 0.6 is 24.0 Å². The first-order chi connectivity index (χ1) is 14.0. The number of aliphatic carboxylic acids is 1. The molecule has 0 radical (unpaired) electrons. The van der Waals surface area contributed by atoms with E-state index in [9.17, 15) is 14.7 Å². The Morgan fingerprint density at radius 3 is 2.59 bits per heavy atom. The number of nitrogens with zero attached hydrogens (tertiary/aromatic N) is 1. The number of hydrogen-bond donors (Lipinski definition) is 1. The molecule has 1 atom stereocenters. The number of carboxylic acid groups (broad SMARTS) is 1. The van der Waals surface area contributed by atoms with Crippen molar-refractivity contribution in [2.45, 2.75) is 13.0 Å². The summed E-state index contributed by atoms with van der Waals surface area (Å²) in [5.74, 6) is -0.431. The summed E-state index contributed by atoms with van der Waals surface area (Å²) in [5, 5.41) is 9.74. The molecule has 6 nitrogen and oxygen atoms in total. The van der Waals surface area contributed by atoms with Crippen LogP contribution in [0.2, 0.25) is 0 Å². The largest absolute Gasteiger partial charge is 0.493 e. The molecule has 1 N–H and O–H groups in total. The lowest BCUT2D eigenvalue weighted by molar-refractivity contribution is -0.145. The van der Waals surface area contributed by atoms with Crippen LogP contribution in [0.4, 0.5) is 0 Å². The van der Waals surface area contributed by atoms with Gasteiger partial charge in [0, 0.05) is 0 Å². The lowest BCUT2D eigenvalue weighted by Gasteiger charge is -2.23. The maximum absolute atomic E-state index is 13.0. The van der Waals surface area contributed by atoms with Gasteiger partial charge in [0.25, 0.3) is 5.91 Å². The minimum atomic E-state index is -1.18. The Hall–Kier alpha value is -2.84. The van der Waals surface area contributed by atoms with Gasteiger partial charge >= 0.3 is 5.97 Å². The van der Waals surface area contributed by atoms with E-state index in [2.05, 4.69) is 0 Å². The van der Waals surface area contributed by atoms with Gasteiger partial charge in [-0.05, 0) is 36.3 Å². The molecule has 2 aromatic rings. The molecule has 1 fully saturated rings. The zero-order valence-corrected chi connectivity index (χ0v) is 17.5. The van der Waals surface area contributed by atoms with Crippen LogP contribution in [0.15, 0.2) is 53.4 Å². The van der Waals surface area contributed by atoms with Gasteiger partial charge < -0.3 is 14.6 Å². The van der Waals surface area contributed by atoms with E-state index in [0.29, 0.717) is 28.6 Å². The number of hydrogen-bond acceptors (Lipinski definition) is 6. The molecule has 0 unspecified atom stereocenters. The van der Waals surface area contributed by atoms with Crippen molar-refractivity contribution in [1.29, 1.82) is 0 Å². The summed E-state index contributed by atoms with van der Waals surface area (Å²) in [6.07, 6.45) is 1.67. The van der Waals surface area contributed by atoms with E-state index in [1.54, 1.807) is 61.7 Å². The van der Waals surface area contributed by atoms with Crippen molar-refractivity contribution >= 4 is 46.3 Å². The number of benzene rings is 2. The van der Waals surface area contributed by atoms with E-state index >= 15 is 0 Å². The minimum Gasteiger partial charge on any atom is -0.493 e. The van der Waals surface area contributed by atoms with Crippen LogP contribution in [0.25, 0.3) is 6.08 Å². The van der Waals surface area contributed by atoms with Crippen molar-refractivity contribution in [3.8, 4) is 11.5 Å². The molecule has 1 amide bonds. The van der Waals surface area contributed by atoms with Crippen molar-refractivity contribution in [3.05, 3.63) is 64.6 Å². The molecule has 150 valence electrons. The second kappa shape index (κ2) is 9.11. The highest BCUT2D eigenvalue weighted by Gasteiger charge is 2.41. The van der Waals surface area contributed by atoms with Gasteiger partial charge in [0.1, 0.15) is 4.32 Å². The first-order valence-corrected chi connectivity index (χ1v) is 10.0. The van der Waals surface area contributed by atoms with Crippen molar-refractivity contribution in [2.24, 2.45) is 0 Å². The number of thioether (sulfide) groups is 1. The van der Waals surface area contributed by atoms with Gasteiger partial charge in [0.05, 0.1) is 18.6 Å². The maximum Gasteiger partial charge on any atom is 0.331 e. The predicted molar refractivity (Wildman–Crippen MR) is 116 cm³/mol. The van der Waals surface area contributed by atoms with Crippen LogP contribution in [-0.4, -0.2) is 39.9 Å². The van der Waals surface area contributed by atoms with Gasteiger partial charge in [-0.15, -0.1) is 0 Å². The van der Waals surface area contributed by atoms with Crippen LogP contribution in [-0.2, 0) is 9.59 Å². The van der Waals surface area contributed by atoms with Gasteiger partial charge in [-0.3, -0.25) is 9.69 Å². The normalized spacial score (nSPS) is 16.2. The van der Waals surface area contributed by atoms with Crippen LogP contribution in [0, 0.1) is 0 Å². The van der Waals surface area contributed by atoms with E-state index in [0.717, 1.165) is 22.2 Å². The molecule has 0 aliphatic carbocycles. The van der Waals surface area contributed by atoms with E-state index < -0.39 is 17.9 Å². The molecule has 1 aliphatic rings. The Labute approximate surface area is 178 Å². The average molecular weight is 430 g/mol. The monoisotopic (exact) mass is 429 g/mol. The molecule has 0 bridgehead atoms. The molecule has 0 aromatic heterocycles. The molecule has 1 heterocycles. The zero-order valence-electron chi connectivity index (χ0n) is 15.8. The molecule has 0 spiro atoms. The first kappa shape index (κ1) is 20.9. The standard InChI is InChI=1S/C21H19NO5S2/c1-3-27-15-10-9-13(11-16(15)26-2)12-17-19(23)22(21(28)29-17)18(20(24)25)14-7-5-4-6-8-14/h4-12,18H,3H2,1-2H3,(H,24,25)/b17-12-/t18-/m0/s1. The van der Waals surface area contributed by atoms with E-state index in [4.69, 9.17) is 21.7 Å². The second-order valence-corrected chi connectivity index (χ2v) is 7.72. The number of ether oxygens (including phenoxy) is 2. The van der Waals surface area contributed by atoms with Crippen LogP contribution < -0.4 is 9.47 Å². The number of rotatable bonds is 7. The summed E-state index contributed by atoms with van der Waals surface area (Å²) in [5.41, 5.74) is 1.21. The summed E-state index contributed by atoms with van der Waals surface area (Å²) < 4.78 is 11.0. The minimum absolute atomic E-state index is 0.204. The van der Waals surface area contributed by atoms with Crippen LogP contribution in [0.1, 0.15) is 24.1 Å². The quantitative estimate of drug-likeness (QED) is 0.524. The van der Waals surface area contributed by atoms with Gasteiger partial charge in [-0.25, -0.2) is 4.79 Å². The van der Waals surface area contributed by atoms with Crippen molar-refractivity contribution in [1.82, 2.24) is 4.90 Å². The number of amides is 1. The smallest absolute Gasteiger partial charge is 0.331 e. The van der Waals surface area contributed by atoms with Crippen LogP contribution in [0.5, 0.6) is 11.5 Å². The SMILES string of the molecule is CCOc1ccc(/C=C2\SC(=S)N([C@H](C(=O)O)c3ccccc3)C2=O)cc1OC. The van der Waals surface area contributed by atoms with E-state index in [1.807, 2.05) is 6.92 Å². The summed E-state index contributed by atoms with van der Waals surface area (Å²) in [6, 6.07) is 12.7. The molecular formula is C21H19NO5S2.